The Morgan fingerprint density at radius 3 is 1.49 bits per heavy atom. The Hall–Kier alpha value is -8.72. The van der Waals surface area contributed by atoms with Gasteiger partial charge in [0.25, 0.3) is 11.8 Å². The first-order chi connectivity index (χ1) is 42.6. The van der Waals surface area contributed by atoms with E-state index in [1.54, 1.807) is 62.3 Å². The molecule has 4 fully saturated rings. The van der Waals surface area contributed by atoms with Crippen molar-refractivity contribution < 1.29 is 71.4 Å². The number of cyclic esters (lactones) is 2. The number of carbonyl (C=O) groups is 12. The van der Waals surface area contributed by atoms with Crippen molar-refractivity contribution in [3.05, 3.63) is 44.6 Å². The molecule has 6 N–H and O–H groups in total. The third-order valence-electron chi connectivity index (χ3n) is 17.8. The number of carbonyl (C=O) groups excluding carboxylic acids is 12. The Balaban J connectivity index is 1.32. The lowest BCUT2D eigenvalue weighted by atomic mass is 9.95. The monoisotopic (exact) mass is 1270 g/mol. The average Bonchev–Trinajstić information content (AvgIpc) is 1.13. The maximum absolute atomic E-state index is 15.2. The van der Waals surface area contributed by atoms with Crippen LogP contribution in [-0.2, 0) is 57.4 Å². The molecule has 10 unspecified atom stereocenters. The summed E-state index contributed by atoms with van der Waals surface area (Å²) in [4.78, 5) is 200. The Bertz CT molecular complexity index is 3440. The summed E-state index contributed by atoms with van der Waals surface area (Å²) in [5.41, 5.74) is 3.59. The summed E-state index contributed by atoms with van der Waals surface area (Å²) < 4.78 is 18.3. The van der Waals surface area contributed by atoms with Crippen molar-refractivity contribution in [2.24, 2.45) is 23.7 Å². The van der Waals surface area contributed by atoms with Gasteiger partial charge in [-0.05, 0) is 95.1 Å². The van der Waals surface area contributed by atoms with Gasteiger partial charge in [0.05, 0.1) is 29.9 Å². The van der Waals surface area contributed by atoms with Crippen molar-refractivity contribution in [1.82, 2.24) is 55.7 Å². The molecule has 10 amide bonds. The van der Waals surface area contributed by atoms with Gasteiger partial charge >= 0.3 is 11.9 Å². The highest BCUT2D eigenvalue weighted by molar-refractivity contribution is 6.10. The Morgan fingerprint density at radius 2 is 1.04 bits per heavy atom. The predicted octanol–water partition coefficient (Wildman–Crippen LogP) is 1.12. The minimum Gasteiger partial charge on any atom is -0.458 e. The number of amides is 10. The van der Waals surface area contributed by atoms with Crippen LogP contribution in [0.3, 0.4) is 0 Å². The maximum atomic E-state index is 15.2. The molecule has 0 radical (unpaired) electrons. The number of esters is 2. The fourth-order valence-corrected chi connectivity index (χ4v) is 12.4. The van der Waals surface area contributed by atoms with Crippen LogP contribution < -0.4 is 32.4 Å². The van der Waals surface area contributed by atoms with Crippen molar-refractivity contribution in [3.63, 3.8) is 0 Å². The zero-order chi connectivity index (χ0) is 67.7. The minimum atomic E-state index is -1.89. The standard InChI is InChI=1S/C63H88N12O16/c1-28(2)43-60(85)74-24-18-17-20-37(74)58(83)70(13)26-39(76)72(15)50(31(7)8)63(88)90-35(12)46(57(82)67-43)69-55(80)41-42(64)51(78)33(10)53-48(41)65-47-36(23-22-32(9)52(47)91-53)54(79)68-45-34(11)89-62(87)49(30(5)6)73(16)40(77)27-71(14)59(84)38-21-19-25-75(38)61(86)44(29(3)4)66-56(45)81/h22-23,28-31,34-35,37-38,43-46,49-50H,17-21,24-27,64H2,1-16H3,(H,66,81)(H,67,82)(H,68,79)(H,69,80). The van der Waals surface area contributed by atoms with Crippen LogP contribution in [0.15, 0.2) is 21.3 Å². The largest absolute Gasteiger partial charge is 0.458 e. The second-order valence-corrected chi connectivity index (χ2v) is 25.9. The van der Waals surface area contributed by atoms with Gasteiger partial charge in [-0.3, -0.25) is 52.7 Å². The van der Waals surface area contributed by atoms with Gasteiger partial charge in [0, 0.05) is 46.8 Å². The summed E-state index contributed by atoms with van der Waals surface area (Å²) in [7, 11) is 5.60. The summed E-state index contributed by atoms with van der Waals surface area (Å²) in [6.07, 6.45) is -0.958. The van der Waals surface area contributed by atoms with Crippen LogP contribution in [-0.4, -0.2) is 220 Å². The van der Waals surface area contributed by atoms with Gasteiger partial charge in [0.1, 0.15) is 71.8 Å². The van der Waals surface area contributed by atoms with E-state index in [0.717, 1.165) is 9.80 Å². The normalized spacial score (nSPS) is 26.2. The molecule has 4 saturated heterocycles. The van der Waals surface area contributed by atoms with Gasteiger partial charge in [0.15, 0.2) is 11.3 Å². The smallest absolute Gasteiger partial charge is 0.329 e. The van der Waals surface area contributed by atoms with Crippen molar-refractivity contribution in [1.29, 1.82) is 0 Å². The van der Waals surface area contributed by atoms with Crippen LogP contribution in [0.25, 0.3) is 22.6 Å². The molecule has 28 heteroatoms. The summed E-state index contributed by atoms with van der Waals surface area (Å²) in [5, 5.41) is 10.7. The van der Waals surface area contributed by atoms with Crippen LogP contribution >= 0.6 is 0 Å². The molecule has 0 spiro atoms. The fourth-order valence-electron chi connectivity index (χ4n) is 12.4. The summed E-state index contributed by atoms with van der Waals surface area (Å²) in [5.74, 6) is -12.3. The van der Waals surface area contributed by atoms with Crippen LogP contribution in [0.4, 0.5) is 5.69 Å². The van der Waals surface area contributed by atoms with E-state index in [0.29, 0.717) is 24.8 Å². The molecule has 10 atom stereocenters. The summed E-state index contributed by atoms with van der Waals surface area (Å²) in [6.45, 7) is 18.4. The zero-order valence-corrected chi connectivity index (χ0v) is 54.8. The number of nitrogens with zero attached hydrogens (tertiary/aromatic N) is 7. The van der Waals surface area contributed by atoms with Crippen LogP contribution in [0.1, 0.15) is 133 Å². The van der Waals surface area contributed by atoms with E-state index >= 15 is 9.59 Å². The fraction of sp³-hybridized carbons (Fsp3) is 0.619. The number of rotatable bonds is 8. The molecule has 5 aliphatic heterocycles. The molecule has 496 valence electrons. The number of piperidine rings is 1. The minimum absolute atomic E-state index is 0.0757. The highest BCUT2D eigenvalue weighted by atomic mass is 16.6. The number of ether oxygens (including phenoxy) is 2. The van der Waals surface area contributed by atoms with Crippen molar-refractivity contribution in [2.45, 2.75) is 176 Å². The van der Waals surface area contributed by atoms with Gasteiger partial charge in [-0.2, -0.15) is 0 Å². The molecule has 7 rings (SSSR count). The first kappa shape index (κ1) is 69.7. The molecule has 91 heavy (non-hydrogen) atoms. The van der Waals surface area contributed by atoms with Gasteiger partial charge in [-0.25, -0.2) is 14.6 Å². The zero-order valence-electron chi connectivity index (χ0n) is 54.8. The first-order valence-electron chi connectivity index (χ1n) is 31.0. The second kappa shape index (κ2) is 28.2. The highest BCUT2D eigenvalue weighted by Gasteiger charge is 2.46. The maximum Gasteiger partial charge on any atom is 0.329 e. The SMILES string of the molecule is Cc1c2oc3c(C)ccc(C(=O)NC4C(=O)NC(C(C)C)C(=O)N5CCCC5C(=O)N(C)CC(=O)N(C)C(C(C)C)C(=O)OC4C)c3nc-2c(C(=O)NC2C(=O)NC(C(C)C)C(=O)N3CCCCC3C(=O)N(C)CC(=O)N(C)C(C(C)C)C(=O)OC2C)c(N)c1=O. The van der Waals surface area contributed by atoms with E-state index in [4.69, 9.17) is 24.6 Å². The topological polar surface area (TPSA) is 360 Å². The third kappa shape index (κ3) is 14.3. The lowest BCUT2D eigenvalue weighted by molar-refractivity contribution is -0.163. The number of hydrogen-bond acceptors (Lipinski definition) is 18. The molecule has 0 aromatic heterocycles. The molecule has 0 bridgehead atoms. The molecule has 0 saturated carbocycles. The number of nitrogen functional groups attached to an aromatic ring is 1. The van der Waals surface area contributed by atoms with E-state index in [1.165, 1.54) is 80.7 Å². The number of aryl methyl sites for hydroxylation is 1. The molecule has 1 aromatic rings. The van der Waals surface area contributed by atoms with E-state index in [2.05, 4.69) is 21.3 Å². The highest BCUT2D eigenvalue weighted by Crippen LogP contribution is 2.35. The van der Waals surface area contributed by atoms with Crippen LogP contribution in [0.5, 0.6) is 0 Å². The number of hydrogen-bond donors (Lipinski definition) is 5. The number of aromatic nitrogens is 1. The van der Waals surface area contributed by atoms with E-state index in [1.807, 2.05) is 0 Å². The lowest BCUT2D eigenvalue weighted by Gasteiger charge is -2.40. The van der Waals surface area contributed by atoms with Crippen LogP contribution in [0.2, 0.25) is 0 Å². The number of benzene rings is 2. The Morgan fingerprint density at radius 1 is 0.604 bits per heavy atom. The summed E-state index contributed by atoms with van der Waals surface area (Å²) in [6, 6.07) is -7.92. The van der Waals surface area contributed by atoms with Gasteiger partial charge in [0.2, 0.25) is 52.7 Å². The van der Waals surface area contributed by atoms with Crippen molar-refractivity contribution >= 4 is 87.8 Å². The van der Waals surface area contributed by atoms with E-state index in [9.17, 15) is 52.7 Å². The van der Waals surface area contributed by atoms with Gasteiger partial charge < -0.3 is 70.3 Å². The first-order valence-corrected chi connectivity index (χ1v) is 31.0. The van der Waals surface area contributed by atoms with E-state index in [-0.39, 0.29) is 53.9 Å². The van der Waals surface area contributed by atoms with Gasteiger partial charge in [-0.1, -0.05) is 61.5 Å². The summed E-state index contributed by atoms with van der Waals surface area (Å²) >= 11 is 0. The predicted molar refractivity (Wildman–Crippen MR) is 330 cm³/mol. The second-order valence-electron chi connectivity index (χ2n) is 25.9. The average molecular weight is 1270 g/mol. The number of anilines is 1. The number of likely N-dealkylation sites (N-methyl/N-ethyl adjacent to an activating group) is 4. The molecular formula is C63H88N12O16. The molecular weight excluding hydrogens is 1180 g/mol. The molecule has 6 aliphatic rings. The third-order valence-corrected chi connectivity index (χ3v) is 17.8. The number of nitrogens with one attached hydrogen (secondary N) is 4. The quantitative estimate of drug-likeness (QED) is 0.120. The van der Waals surface area contributed by atoms with Crippen molar-refractivity contribution in [2.75, 3.05) is 60.1 Å². The Labute approximate surface area is 528 Å². The molecule has 1 aliphatic carbocycles. The molecule has 5 heterocycles. The van der Waals surface area contributed by atoms with E-state index < -0.39 is 191 Å². The van der Waals surface area contributed by atoms with Gasteiger partial charge in [-0.15, -0.1) is 0 Å². The number of nitrogens with two attached hydrogens (primary N) is 1. The van der Waals surface area contributed by atoms with Crippen molar-refractivity contribution in [3.8, 4) is 11.5 Å². The Kier molecular flexibility index (Phi) is 21.6. The number of fused-ring (bicyclic) bond motifs is 4. The lowest BCUT2D eigenvalue weighted by Crippen LogP contribution is -2.63. The van der Waals surface area contributed by atoms with Crippen LogP contribution in [0, 0.1) is 37.5 Å². The molecule has 1 aromatic carbocycles. The molecule has 28 nitrogen and oxygen atoms in total.